The highest BCUT2D eigenvalue weighted by Gasteiger charge is 2.23. The summed E-state index contributed by atoms with van der Waals surface area (Å²) in [4.78, 5) is 29.4. The molecule has 1 amide bonds. The van der Waals surface area contributed by atoms with Gasteiger partial charge in [-0.05, 0) is 19.9 Å². The molecule has 4 rings (SSSR count). The first-order chi connectivity index (χ1) is 14.5. The van der Waals surface area contributed by atoms with Gasteiger partial charge >= 0.3 is 5.97 Å². The number of aryl methyl sites for hydroxylation is 2. The summed E-state index contributed by atoms with van der Waals surface area (Å²) in [5, 5.41) is 12.9. The third kappa shape index (κ3) is 4.09. The summed E-state index contributed by atoms with van der Waals surface area (Å²) >= 11 is 4.05. The van der Waals surface area contributed by atoms with Crippen molar-refractivity contribution in [1.82, 2.24) is 15.2 Å². The molecule has 1 N–H and O–H groups in total. The highest BCUT2D eigenvalue weighted by Crippen LogP contribution is 2.34. The molecule has 3 aromatic heterocycles. The molecule has 3 heterocycles. The lowest BCUT2D eigenvalue weighted by Gasteiger charge is -2.02. The molecule has 8 nitrogen and oxygen atoms in total. The minimum atomic E-state index is -0.487. The number of carbonyl (C=O) groups is 2. The van der Waals surface area contributed by atoms with Crippen LogP contribution in [0.25, 0.3) is 11.0 Å². The van der Waals surface area contributed by atoms with E-state index >= 15 is 0 Å². The van der Waals surface area contributed by atoms with Gasteiger partial charge in [0.1, 0.15) is 15.5 Å². The zero-order chi connectivity index (χ0) is 21.3. The Kier molecular flexibility index (Phi) is 5.84. The molecule has 0 aliphatic heterocycles. The first kappa shape index (κ1) is 20.5. The summed E-state index contributed by atoms with van der Waals surface area (Å²) in [7, 11) is 1.30. The van der Waals surface area contributed by atoms with Crippen LogP contribution in [0.2, 0.25) is 0 Å². The van der Waals surface area contributed by atoms with Crippen molar-refractivity contribution >= 4 is 62.4 Å². The molecule has 0 aliphatic rings. The molecule has 0 unspecified atom stereocenters. The monoisotopic (exact) mass is 460 g/mol. The Morgan fingerprint density at radius 1 is 1.20 bits per heavy atom. The number of aromatic nitrogens is 3. The number of thioether (sulfide) groups is 1. The van der Waals surface area contributed by atoms with Gasteiger partial charge in [0, 0.05) is 16.7 Å². The van der Waals surface area contributed by atoms with Gasteiger partial charge in [-0.15, -0.1) is 10.2 Å². The van der Waals surface area contributed by atoms with E-state index < -0.39 is 11.9 Å². The van der Waals surface area contributed by atoms with Crippen LogP contribution in [-0.4, -0.2) is 34.2 Å². The summed E-state index contributed by atoms with van der Waals surface area (Å²) < 4.78 is 11.4. The van der Waals surface area contributed by atoms with E-state index in [0.29, 0.717) is 27.0 Å². The van der Waals surface area contributed by atoms with E-state index in [0.717, 1.165) is 31.6 Å². The number of amides is 1. The Morgan fingerprint density at radius 2 is 2.00 bits per heavy atom. The molecule has 0 aliphatic carbocycles. The number of methoxy groups -OCH3 is 1. The highest BCUT2D eigenvalue weighted by molar-refractivity contribution is 8.00. The number of benzene rings is 1. The Hall–Kier alpha value is -2.76. The Balaban J connectivity index is 1.62. The zero-order valence-corrected chi connectivity index (χ0v) is 18.7. The van der Waals surface area contributed by atoms with Crippen LogP contribution in [-0.2, 0) is 10.5 Å². The standard InChI is InChI=1S/C19H16N4O4S3/c1-9-15(17(25)26-3)30-18(20-9)21-16(24)14-12(8-28-19-23-22-10(2)29-19)11-6-4-5-7-13(11)27-14/h4-7H,8H2,1-3H3,(H,20,21,24). The van der Waals surface area contributed by atoms with Crippen molar-refractivity contribution in [3.8, 4) is 0 Å². The third-order valence-electron chi connectivity index (χ3n) is 4.14. The second kappa shape index (κ2) is 8.54. The normalized spacial score (nSPS) is 11.0. The van der Waals surface area contributed by atoms with E-state index in [1.54, 1.807) is 6.92 Å². The number of para-hydroxylation sites is 1. The fourth-order valence-corrected chi connectivity index (χ4v) is 5.50. The molecule has 11 heteroatoms. The van der Waals surface area contributed by atoms with Crippen LogP contribution in [0, 0.1) is 13.8 Å². The van der Waals surface area contributed by atoms with Crippen molar-refractivity contribution < 1.29 is 18.7 Å². The lowest BCUT2D eigenvalue weighted by molar-refractivity contribution is 0.0605. The first-order valence-electron chi connectivity index (χ1n) is 8.76. The Bertz CT molecular complexity index is 1240. The van der Waals surface area contributed by atoms with E-state index in [2.05, 4.69) is 20.5 Å². The summed E-state index contributed by atoms with van der Waals surface area (Å²) in [6.45, 7) is 3.58. The number of nitrogens with zero attached hydrogens (tertiary/aromatic N) is 3. The second-order valence-corrected chi connectivity index (χ2v) is 9.56. The molecule has 4 aromatic rings. The average Bonchev–Trinajstić information content (AvgIpc) is 3.42. The van der Waals surface area contributed by atoms with Gasteiger partial charge in [-0.25, -0.2) is 9.78 Å². The van der Waals surface area contributed by atoms with Gasteiger partial charge in [0.25, 0.3) is 5.91 Å². The van der Waals surface area contributed by atoms with Crippen molar-refractivity contribution in [2.45, 2.75) is 23.9 Å². The van der Waals surface area contributed by atoms with Gasteiger partial charge in [0.05, 0.1) is 12.8 Å². The third-order valence-corrected chi connectivity index (χ3v) is 7.19. The fraction of sp³-hybridized carbons (Fsp3) is 0.211. The number of fused-ring (bicyclic) bond motifs is 1. The quantitative estimate of drug-likeness (QED) is 0.326. The summed E-state index contributed by atoms with van der Waals surface area (Å²) in [5.74, 6) is -0.213. The number of esters is 1. The predicted molar refractivity (Wildman–Crippen MR) is 117 cm³/mol. The van der Waals surface area contributed by atoms with Crippen LogP contribution in [0.15, 0.2) is 33.0 Å². The van der Waals surface area contributed by atoms with Crippen LogP contribution in [0.5, 0.6) is 0 Å². The van der Waals surface area contributed by atoms with E-state index in [-0.39, 0.29) is 5.76 Å². The number of ether oxygens (including phenoxy) is 1. The molecular formula is C19H16N4O4S3. The SMILES string of the molecule is COC(=O)c1sc(NC(=O)c2oc3ccccc3c2CSc2nnc(C)s2)nc1C. The predicted octanol–water partition coefficient (Wildman–Crippen LogP) is 4.69. The number of thiazole rings is 1. The average molecular weight is 461 g/mol. The maximum absolute atomic E-state index is 13.0. The van der Waals surface area contributed by atoms with Crippen LogP contribution in [0.1, 0.15) is 36.5 Å². The fourth-order valence-electron chi connectivity index (χ4n) is 2.78. The van der Waals surface area contributed by atoms with E-state index in [1.165, 1.54) is 30.2 Å². The molecule has 0 radical (unpaired) electrons. The zero-order valence-electron chi connectivity index (χ0n) is 16.2. The Morgan fingerprint density at radius 3 is 2.73 bits per heavy atom. The lowest BCUT2D eigenvalue weighted by atomic mass is 10.1. The number of carbonyl (C=O) groups excluding carboxylic acids is 2. The number of furan rings is 1. The number of hydrogen-bond acceptors (Lipinski definition) is 10. The van der Waals surface area contributed by atoms with E-state index in [9.17, 15) is 9.59 Å². The van der Waals surface area contributed by atoms with Gasteiger partial charge in [0.2, 0.25) is 0 Å². The molecule has 0 fully saturated rings. The molecule has 154 valence electrons. The van der Waals surface area contributed by atoms with Gasteiger partial charge in [-0.3, -0.25) is 10.1 Å². The van der Waals surface area contributed by atoms with Crippen LogP contribution in [0.4, 0.5) is 5.13 Å². The molecule has 0 atom stereocenters. The number of rotatable bonds is 6. The van der Waals surface area contributed by atoms with Crippen molar-refractivity contribution in [3.63, 3.8) is 0 Å². The Labute approximate surface area is 183 Å². The minimum Gasteiger partial charge on any atom is -0.465 e. The maximum atomic E-state index is 13.0. The number of anilines is 1. The van der Waals surface area contributed by atoms with Crippen LogP contribution < -0.4 is 5.32 Å². The molecule has 0 bridgehead atoms. The van der Waals surface area contributed by atoms with Crippen LogP contribution >= 0.6 is 34.4 Å². The molecule has 1 aromatic carbocycles. The maximum Gasteiger partial charge on any atom is 0.350 e. The van der Waals surface area contributed by atoms with Crippen molar-refractivity contribution in [2.75, 3.05) is 12.4 Å². The number of nitrogens with one attached hydrogen (secondary N) is 1. The van der Waals surface area contributed by atoms with Crippen molar-refractivity contribution in [3.05, 3.63) is 51.2 Å². The minimum absolute atomic E-state index is 0.206. The molecule has 0 saturated carbocycles. The molecule has 0 saturated heterocycles. The van der Waals surface area contributed by atoms with Gasteiger partial charge < -0.3 is 9.15 Å². The second-order valence-electron chi connectivity index (χ2n) is 6.16. The van der Waals surface area contributed by atoms with Gasteiger partial charge in [0.15, 0.2) is 15.2 Å². The van der Waals surface area contributed by atoms with E-state index in [4.69, 9.17) is 9.15 Å². The molecule has 0 spiro atoms. The number of hydrogen-bond donors (Lipinski definition) is 1. The van der Waals surface area contributed by atoms with Gasteiger partial charge in [-0.2, -0.15) is 0 Å². The van der Waals surface area contributed by atoms with Gasteiger partial charge in [-0.1, -0.05) is 52.6 Å². The van der Waals surface area contributed by atoms with Crippen molar-refractivity contribution in [1.29, 1.82) is 0 Å². The van der Waals surface area contributed by atoms with Crippen molar-refractivity contribution in [2.24, 2.45) is 0 Å². The molecular weight excluding hydrogens is 444 g/mol. The summed E-state index contributed by atoms with van der Waals surface area (Å²) in [6, 6.07) is 7.49. The largest absolute Gasteiger partial charge is 0.465 e. The molecule has 30 heavy (non-hydrogen) atoms. The van der Waals surface area contributed by atoms with Crippen LogP contribution in [0.3, 0.4) is 0 Å². The lowest BCUT2D eigenvalue weighted by Crippen LogP contribution is -2.12. The topological polar surface area (TPSA) is 107 Å². The summed E-state index contributed by atoms with van der Waals surface area (Å²) in [5.41, 5.74) is 1.88. The van der Waals surface area contributed by atoms with E-state index in [1.807, 2.05) is 31.2 Å². The summed E-state index contributed by atoms with van der Waals surface area (Å²) in [6.07, 6.45) is 0. The highest BCUT2D eigenvalue weighted by atomic mass is 32.2. The first-order valence-corrected chi connectivity index (χ1v) is 11.4. The smallest absolute Gasteiger partial charge is 0.350 e.